The third kappa shape index (κ3) is 5.10. The SMILES string of the molecule is CCCCOCCOC(=O)c1cc(S)ccc1C. The van der Waals surface area contributed by atoms with E-state index in [0.717, 1.165) is 29.9 Å². The van der Waals surface area contributed by atoms with Gasteiger partial charge in [-0.3, -0.25) is 0 Å². The van der Waals surface area contributed by atoms with Crippen molar-refractivity contribution in [3.05, 3.63) is 29.3 Å². The van der Waals surface area contributed by atoms with Gasteiger partial charge in [0.1, 0.15) is 6.61 Å². The monoisotopic (exact) mass is 268 g/mol. The van der Waals surface area contributed by atoms with Crippen LogP contribution >= 0.6 is 12.6 Å². The fraction of sp³-hybridized carbons (Fsp3) is 0.500. The summed E-state index contributed by atoms with van der Waals surface area (Å²) in [5, 5.41) is 0. The number of aryl methyl sites for hydroxylation is 1. The Morgan fingerprint density at radius 2 is 2.06 bits per heavy atom. The fourth-order valence-electron chi connectivity index (χ4n) is 1.45. The topological polar surface area (TPSA) is 35.5 Å². The first kappa shape index (κ1) is 15.1. The summed E-state index contributed by atoms with van der Waals surface area (Å²) in [6, 6.07) is 5.43. The number of benzene rings is 1. The Labute approximate surface area is 114 Å². The average molecular weight is 268 g/mol. The van der Waals surface area contributed by atoms with Crippen molar-refractivity contribution in [3.63, 3.8) is 0 Å². The van der Waals surface area contributed by atoms with E-state index in [1.807, 2.05) is 19.1 Å². The number of thiol groups is 1. The molecule has 0 aromatic heterocycles. The van der Waals surface area contributed by atoms with Crippen LogP contribution in [0.2, 0.25) is 0 Å². The van der Waals surface area contributed by atoms with Gasteiger partial charge in [-0.25, -0.2) is 4.79 Å². The van der Waals surface area contributed by atoms with E-state index in [1.165, 1.54) is 0 Å². The van der Waals surface area contributed by atoms with Gasteiger partial charge in [-0.2, -0.15) is 0 Å². The van der Waals surface area contributed by atoms with Gasteiger partial charge in [0, 0.05) is 11.5 Å². The predicted molar refractivity (Wildman–Crippen MR) is 74.4 cm³/mol. The minimum atomic E-state index is -0.317. The molecule has 1 aromatic carbocycles. The van der Waals surface area contributed by atoms with Crippen LogP contribution in [0.15, 0.2) is 23.1 Å². The van der Waals surface area contributed by atoms with E-state index >= 15 is 0 Å². The summed E-state index contributed by atoms with van der Waals surface area (Å²) in [7, 11) is 0. The Bertz CT molecular complexity index is 391. The zero-order valence-corrected chi connectivity index (χ0v) is 11.8. The van der Waals surface area contributed by atoms with E-state index in [0.29, 0.717) is 18.8 Å². The van der Waals surface area contributed by atoms with Crippen molar-refractivity contribution in [2.75, 3.05) is 19.8 Å². The van der Waals surface area contributed by atoms with Gasteiger partial charge in [0.2, 0.25) is 0 Å². The molecule has 3 nitrogen and oxygen atoms in total. The van der Waals surface area contributed by atoms with Crippen LogP contribution in [-0.4, -0.2) is 25.8 Å². The van der Waals surface area contributed by atoms with Crippen LogP contribution in [0.4, 0.5) is 0 Å². The number of carbonyl (C=O) groups is 1. The molecule has 0 radical (unpaired) electrons. The Morgan fingerprint density at radius 1 is 1.28 bits per heavy atom. The summed E-state index contributed by atoms with van der Waals surface area (Å²) in [4.78, 5) is 12.6. The summed E-state index contributed by atoms with van der Waals surface area (Å²) in [5.74, 6) is -0.317. The lowest BCUT2D eigenvalue weighted by Crippen LogP contribution is -2.12. The van der Waals surface area contributed by atoms with Crippen LogP contribution in [0.3, 0.4) is 0 Å². The summed E-state index contributed by atoms with van der Waals surface area (Å²) in [6.07, 6.45) is 2.14. The van der Waals surface area contributed by atoms with Gasteiger partial charge in [-0.15, -0.1) is 12.6 Å². The number of hydrogen-bond donors (Lipinski definition) is 1. The van der Waals surface area contributed by atoms with E-state index < -0.39 is 0 Å². The minimum Gasteiger partial charge on any atom is -0.460 e. The van der Waals surface area contributed by atoms with Crippen molar-refractivity contribution in [2.45, 2.75) is 31.6 Å². The molecule has 1 aromatic rings. The molecule has 0 spiro atoms. The van der Waals surface area contributed by atoms with Crippen molar-refractivity contribution >= 4 is 18.6 Å². The molecule has 0 saturated carbocycles. The number of ether oxygens (including phenoxy) is 2. The summed E-state index contributed by atoms with van der Waals surface area (Å²) >= 11 is 4.21. The first-order valence-corrected chi connectivity index (χ1v) is 6.64. The lowest BCUT2D eigenvalue weighted by atomic mass is 10.1. The zero-order chi connectivity index (χ0) is 13.4. The maximum Gasteiger partial charge on any atom is 0.338 e. The molecule has 100 valence electrons. The number of esters is 1. The lowest BCUT2D eigenvalue weighted by Gasteiger charge is -2.08. The van der Waals surface area contributed by atoms with Gasteiger partial charge >= 0.3 is 5.97 Å². The first-order chi connectivity index (χ1) is 8.65. The average Bonchev–Trinajstić information content (AvgIpc) is 2.36. The molecule has 1 rings (SSSR count). The number of carbonyl (C=O) groups excluding carboxylic acids is 1. The molecule has 0 atom stereocenters. The largest absolute Gasteiger partial charge is 0.460 e. The molecule has 0 N–H and O–H groups in total. The highest BCUT2D eigenvalue weighted by atomic mass is 32.1. The standard InChI is InChI=1S/C14H20O3S/c1-3-4-7-16-8-9-17-14(15)13-10-12(18)6-5-11(13)2/h5-6,10,18H,3-4,7-9H2,1-2H3. The van der Waals surface area contributed by atoms with E-state index in [1.54, 1.807) is 6.07 Å². The smallest absolute Gasteiger partial charge is 0.338 e. The van der Waals surface area contributed by atoms with Crippen LogP contribution < -0.4 is 0 Å². The predicted octanol–water partition coefficient (Wildman–Crippen LogP) is 3.26. The second-order valence-electron chi connectivity index (χ2n) is 4.10. The third-order valence-electron chi connectivity index (χ3n) is 2.54. The molecule has 0 aliphatic heterocycles. The van der Waals surface area contributed by atoms with Crippen molar-refractivity contribution in [2.24, 2.45) is 0 Å². The van der Waals surface area contributed by atoms with Crippen LogP contribution in [0.1, 0.15) is 35.7 Å². The third-order valence-corrected chi connectivity index (χ3v) is 2.82. The van der Waals surface area contributed by atoms with Crippen LogP contribution in [0.5, 0.6) is 0 Å². The van der Waals surface area contributed by atoms with Gasteiger partial charge in [-0.1, -0.05) is 19.4 Å². The Balaban J connectivity index is 2.34. The highest BCUT2D eigenvalue weighted by Gasteiger charge is 2.10. The van der Waals surface area contributed by atoms with Crippen molar-refractivity contribution in [1.82, 2.24) is 0 Å². The van der Waals surface area contributed by atoms with Gasteiger partial charge < -0.3 is 9.47 Å². The lowest BCUT2D eigenvalue weighted by molar-refractivity contribution is 0.0313. The fourth-order valence-corrected chi connectivity index (χ4v) is 1.65. The van der Waals surface area contributed by atoms with E-state index in [2.05, 4.69) is 19.6 Å². The van der Waals surface area contributed by atoms with E-state index in [9.17, 15) is 4.79 Å². The normalized spacial score (nSPS) is 10.4. The van der Waals surface area contributed by atoms with Gasteiger partial charge in [-0.05, 0) is 31.0 Å². The number of unbranched alkanes of at least 4 members (excludes halogenated alkanes) is 1. The maximum absolute atomic E-state index is 11.8. The molecule has 0 heterocycles. The minimum absolute atomic E-state index is 0.290. The number of rotatable bonds is 7. The molecule has 0 saturated heterocycles. The summed E-state index contributed by atoms with van der Waals surface area (Å²) < 4.78 is 10.5. The molecule has 0 aliphatic rings. The highest BCUT2D eigenvalue weighted by molar-refractivity contribution is 7.80. The molecular weight excluding hydrogens is 248 g/mol. The molecule has 0 amide bonds. The first-order valence-electron chi connectivity index (χ1n) is 6.19. The van der Waals surface area contributed by atoms with Crippen LogP contribution in [0, 0.1) is 6.92 Å². The number of hydrogen-bond acceptors (Lipinski definition) is 4. The highest BCUT2D eigenvalue weighted by Crippen LogP contribution is 2.14. The summed E-state index contributed by atoms with van der Waals surface area (Å²) in [5.41, 5.74) is 1.46. The molecule has 18 heavy (non-hydrogen) atoms. The second-order valence-corrected chi connectivity index (χ2v) is 4.62. The molecule has 4 heteroatoms. The van der Waals surface area contributed by atoms with Gasteiger partial charge in [0.25, 0.3) is 0 Å². The van der Waals surface area contributed by atoms with Crippen LogP contribution in [-0.2, 0) is 9.47 Å². The van der Waals surface area contributed by atoms with E-state index in [4.69, 9.17) is 9.47 Å². The molecular formula is C14H20O3S. The Hall–Kier alpha value is -1.00. The summed E-state index contributed by atoms with van der Waals surface area (Å²) in [6.45, 7) is 5.45. The quantitative estimate of drug-likeness (QED) is 0.468. The Morgan fingerprint density at radius 3 is 2.78 bits per heavy atom. The zero-order valence-electron chi connectivity index (χ0n) is 10.9. The molecule has 0 bridgehead atoms. The van der Waals surface area contributed by atoms with Gasteiger partial charge in [0.05, 0.1) is 12.2 Å². The molecule has 0 fully saturated rings. The molecule has 0 unspecified atom stereocenters. The van der Waals surface area contributed by atoms with Crippen molar-refractivity contribution in [1.29, 1.82) is 0 Å². The maximum atomic E-state index is 11.8. The van der Waals surface area contributed by atoms with Crippen LogP contribution in [0.25, 0.3) is 0 Å². The van der Waals surface area contributed by atoms with E-state index in [-0.39, 0.29) is 5.97 Å². The second kappa shape index (κ2) is 8.16. The van der Waals surface area contributed by atoms with Gasteiger partial charge in [0.15, 0.2) is 0 Å². The Kier molecular flexibility index (Phi) is 6.83. The van der Waals surface area contributed by atoms with Crippen molar-refractivity contribution in [3.8, 4) is 0 Å². The van der Waals surface area contributed by atoms with Crippen molar-refractivity contribution < 1.29 is 14.3 Å². The molecule has 0 aliphatic carbocycles.